The van der Waals surface area contributed by atoms with Gasteiger partial charge < -0.3 is 32.8 Å². The third-order valence-electron chi connectivity index (χ3n) is 7.23. The Hall–Kier alpha value is -0.869. The highest BCUT2D eigenvalue weighted by Crippen LogP contribution is 2.41. The van der Waals surface area contributed by atoms with Crippen LogP contribution in [0.4, 0.5) is 0 Å². The number of rotatable bonds is 16. The maximum Gasteiger partial charge on any atom is 0.325 e. The minimum Gasteiger partial charge on any atom is -0.465 e. The zero-order chi connectivity index (χ0) is 32.0. The third-order valence-corrected chi connectivity index (χ3v) is 10.3. The summed E-state index contributed by atoms with van der Waals surface area (Å²) in [4.78, 5) is 24.1. The summed E-state index contributed by atoms with van der Waals surface area (Å²) < 4.78 is 37.7. The van der Waals surface area contributed by atoms with Crippen molar-refractivity contribution in [2.75, 3.05) is 19.8 Å². The lowest BCUT2D eigenvalue weighted by Crippen LogP contribution is -2.58. The molecule has 2 fully saturated rings. The predicted molar refractivity (Wildman–Crippen MR) is 174 cm³/mol. The number of epoxide rings is 1. The number of hydrogen-bond donors (Lipinski definition) is 1. The van der Waals surface area contributed by atoms with E-state index >= 15 is 0 Å². The summed E-state index contributed by atoms with van der Waals surface area (Å²) >= 11 is 0. The standard InChI is InChI=1S/C30H59NO8Si3/c1-14-34-27(33)18-31-26(32)16-20(2)15-24-30(39-42(11,12)13)29(38-41(8,9)10)23(19-35-24)17-25-28(36-25)21(3)22(4)37-40(5,6)7/h16,21-25,28-30H,14-15,17-19H2,1-13H3,(H,31,32)/b20-16+/t21-,22-,23-,24-,25-,28-,29+,30-/m0/s1. The second-order valence-corrected chi connectivity index (χ2v) is 28.3. The van der Waals surface area contributed by atoms with Gasteiger partial charge in [-0.05, 0) is 92.5 Å². The van der Waals surface area contributed by atoms with Crippen LogP contribution in [-0.4, -0.2) is 93.2 Å². The van der Waals surface area contributed by atoms with Crippen molar-refractivity contribution in [1.82, 2.24) is 5.32 Å². The molecular formula is C30H59NO8Si3. The van der Waals surface area contributed by atoms with E-state index in [0.29, 0.717) is 18.9 Å². The fourth-order valence-corrected chi connectivity index (χ4v) is 9.05. The summed E-state index contributed by atoms with van der Waals surface area (Å²) in [6.45, 7) is 28.6. The fraction of sp³-hybridized carbons (Fsp3) is 0.867. The molecule has 12 heteroatoms. The van der Waals surface area contributed by atoms with Crippen molar-refractivity contribution in [1.29, 1.82) is 0 Å². The smallest absolute Gasteiger partial charge is 0.325 e. The Balaban J connectivity index is 2.18. The summed E-state index contributed by atoms with van der Waals surface area (Å²) in [5.41, 5.74) is 0.853. The van der Waals surface area contributed by atoms with Gasteiger partial charge >= 0.3 is 5.97 Å². The largest absolute Gasteiger partial charge is 0.465 e. The first-order chi connectivity index (χ1) is 19.2. The van der Waals surface area contributed by atoms with Crippen LogP contribution in [0.15, 0.2) is 11.6 Å². The molecule has 0 bridgehead atoms. The van der Waals surface area contributed by atoms with Crippen LogP contribution in [0.3, 0.4) is 0 Å². The summed E-state index contributed by atoms with van der Waals surface area (Å²) in [6, 6.07) is 0. The maximum atomic E-state index is 12.5. The molecule has 0 spiro atoms. The van der Waals surface area contributed by atoms with Crippen molar-refractivity contribution < 1.29 is 37.1 Å². The predicted octanol–water partition coefficient (Wildman–Crippen LogP) is 5.49. The van der Waals surface area contributed by atoms with Crippen LogP contribution in [0.25, 0.3) is 0 Å². The Kier molecular flexibility index (Phi) is 13.7. The minimum atomic E-state index is -1.98. The molecule has 2 saturated heterocycles. The molecule has 42 heavy (non-hydrogen) atoms. The van der Waals surface area contributed by atoms with E-state index in [1.54, 1.807) is 6.92 Å². The number of nitrogens with one attached hydrogen (secondary N) is 1. The van der Waals surface area contributed by atoms with Gasteiger partial charge in [0, 0.05) is 24.0 Å². The molecule has 2 aliphatic rings. The second kappa shape index (κ2) is 15.4. The van der Waals surface area contributed by atoms with Gasteiger partial charge in [0.2, 0.25) is 5.91 Å². The number of esters is 1. The zero-order valence-corrected chi connectivity index (χ0v) is 31.5. The van der Waals surface area contributed by atoms with Crippen LogP contribution >= 0.6 is 0 Å². The summed E-state index contributed by atoms with van der Waals surface area (Å²) in [6.07, 6.45) is 2.78. The van der Waals surface area contributed by atoms with Crippen molar-refractivity contribution in [3.05, 3.63) is 11.6 Å². The van der Waals surface area contributed by atoms with Crippen LogP contribution in [0.5, 0.6) is 0 Å². The Morgan fingerprint density at radius 1 is 0.929 bits per heavy atom. The lowest BCUT2D eigenvalue weighted by Gasteiger charge is -2.47. The first-order valence-corrected chi connectivity index (χ1v) is 25.8. The minimum absolute atomic E-state index is 0.122. The van der Waals surface area contributed by atoms with E-state index in [1.807, 2.05) is 6.92 Å². The molecular weight excluding hydrogens is 587 g/mol. The normalized spacial score (nSPS) is 28.6. The summed E-state index contributed by atoms with van der Waals surface area (Å²) in [7, 11) is -5.56. The zero-order valence-electron chi connectivity index (χ0n) is 28.5. The quantitative estimate of drug-likeness (QED) is 0.102. The van der Waals surface area contributed by atoms with E-state index in [-0.39, 0.29) is 61.6 Å². The SMILES string of the molecule is CCOC(=O)CNC(=O)/C=C(\C)C[C@@H]1OC[C@H](C[C@@H]2O[C@H]2[C@@H](C)[C@H](C)O[Si](C)(C)C)[C@@H](O[Si](C)(C)C)[C@H]1O[Si](C)(C)C. The van der Waals surface area contributed by atoms with Crippen LogP contribution in [0.1, 0.15) is 40.5 Å². The van der Waals surface area contributed by atoms with E-state index in [0.717, 1.165) is 12.0 Å². The second-order valence-electron chi connectivity index (χ2n) is 14.9. The fourth-order valence-electron chi connectivity index (χ4n) is 5.48. The number of carbonyl (C=O) groups is 2. The Morgan fingerprint density at radius 3 is 2.07 bits per heavy atom. The maximum absolute atomic E-state index is 12.5. The van der Waals surface area contributed by atoms with Crippen LogP contribution in [0, 0.1) is 11.8 Å². The van der Waals surface area contributed by atoms with Crippen molar-refractivity contribution in [3.8, 4) is 0 Å². The molecule has 0 radical (unpaired) electrons. The van der Waals surface area contributed by atoms with E-state index in [1.165, 1.54) is 6.08 Å². The molecule has 2 aliphatic heterocycles. The number of ether oxygens (including phenoxy) is 3. The molecule has 0 aromatic heterocycles. The average molecular weight is 646 g/mol. The molecule has 8 atom stereocenters. The van der Waals surface area contributed by atoms with Gasteiger partial charge in [0.15, 0.2) is 25.0 Å². The number of hydrogen-bond acceptors (Lipinski definition) is 8. The van der Waals surface area contributed by atoms with E-state index in [9.17, 15) is 9.59 Å². The van der Waals surface area contributed by atoms with Crippen LogP contribution in [0.2, 0.25) is 58.9 Å². The molecule has 0 aliphatic carbocycles. The van der Waals surface area contributed by atoms with Crippen LogP contribution < -0.4 is 5.32 Å². The average Bonchev–Trinajstić information content (AvgIpc) is 3.57. The monoisotopic (exact) mass is 645 g/mol. The van der Waals surface area contributed by atoms with Gasteiger partial charge in [-0.3, -0.25) is 9.59 Å². The Bertz CT molecular complexity index is 927. The van der Waals surface area contributed by atoms with Crippen molar-refractivity contribution in [2.24, 2.45) is 11.8 Å². The van der Waals surface area contributed by atoms with Crippen molar-refractivity contribution in [2.45, 2.75) is 136 Å². The van der Waals surface area contributed by atoms with Gasteiger partial charge in [-0.15, -0.1) is 0 Å². The highest BCUT2D eigenvalue weighted by molar-refractivity contribution is 6.70. The summed E-state index contributed by atoms with van der Waals surface area (Å²) in [5.74, 6) is -0.331. The molecule has 244 valence electrons. The third kappa shape index (κ3) is 13.4. The molecule has 2 rings (SSSR count). The lowest BCUT2D eigenvalue weighted by molar-refractivity contribution is -0.152. The molecule has 0 aromatic rings. The van der Waals surface area contributed by atoms with Gasteiger partial charge in [-0.25, -0.2) is 0 Å². The van der Waals surface area contributed by atoms with E-state index < -0.39 is 30.9 Å². The van der Waals surface area contributed by atoms with E-state index in [4.69, 9.17) is 27.5 Å². The number of carbonyl (C=O) groups excluding carboxylic acids is 2. The molecule has 0 unspecified atom stereocenters. The molecule has 9 nitrogen and oxygen atoms in total. The molecule has 2 heterocycles. The molecule has 1 N–H and O–H groups in total. The first-order valence-electron chi connectivity index (χ1n) is 15.6. The topological polar surface area (TPSA) is 105 Å². The van der Waals surface area contributed by atoms with Gasteiger partial charge in [-0.1, -0.05) is 12.5 Å². The van der Waals surface area contributed by atoms with Crippen LogP contribution in [-0.2, 0) is 37.1 Å². The van der Waals surface area contributed by atoms with Gasteiger partial charge in [0.05, 0.1) is 43.7 Å². The molecule has 1 amide bonds. The Labute approximate surface area is 258 Å². The van der Waals surface area contributed by atoms with E-state index in [2.05, 4.69) is 78.1 Å². The Morgan fingerprint density at radius 2 is 1.52 bits per heavy atom. The van der Waals surface area contributed by atoms with Crippen molar-refractivity contribution >= 4 is 36.8 Å². The van der Waals surface area contributed by atoms with Gasteiger partial charge in [0.25, 0.3) is 0 Å². The number of amides is 1. The molecule has 0 aromatic carbocycles. The highest BCUT2D eigenvalue weighted by atomic mass is 28.4. The highest BCUT2D eigenvalue weighted by Gasteiger charge is 2.51. The molecule has 0 saturated carbocycles. The van der Waals surface area contributed by atoms with Gasteiger partial charge in [-0.2, -0.15) is 0 Å². The lowest BCUT2D eigenvalue weighted by atomic mass is 9.85. The van der Waals surface area contributed by atoms with Gasteiger partial charge in [0.1, 0.15) is 6.54 Å². The van der Waals surface area contributed by atoms with Crippen molar-refractivity contribution in [3.63, 3.8) is 0 Å². The first kappa shape index (κ1) is 37.3. The summed E-state index contributed by atoms with van der Waals surface area (Å²) in [5, 5.41) is 2.60.